The van der Waals surface area contributed by atoms with E-state index in [9.17, 15) is 8.78 Å². The quantitative estimate of drug-likeness (QED) is 0.506. The van der Waals surface area contributed by atoms with E-state index in [0.717, 1.165) is 31.0 Å². The molecule has 0 spiro atoms. The van der Waals surface area contributed by atoms with Crippen LogP contribution in [0.25, 0.3) is 0 Å². The number of ether oxygens (including phenoxy) is 1. The van der Waals surface area contributed by atoms with Crippen LogP contribution >= 0.6 is 27.5 Å². The van der Waals surface area contributed by atoms with Crippen molar-refractivity contribution in [1.82, 2.24) is 24.3 Å². The zero-order chi connectivity index (χ0) is 20.1. The zero-order valence-corrected chi connectivity index (χ0v) is 17.7. The van der Waals surface area contributed by atoms with Crippen molar-refractivity contribution in [1.29, 1.82) is 0 Å². The van der Waals surface area contributed by atoms with E-state index in [0.29, 0.717) is 15.3 Å². The maximum atomic E-state index is 13.8. The van der Waals surface area contributed by atoms with E-state index in [-0.39, 0.29) is 18.1 Å². The second-order valence-electron chi connectivity index (χ2n) is 6.27. The normalized spacial score (nSPS) is 11.2. The van der Waals surface area contributed by atoms with Gasteiger partial charge in [0.2, 0.25) is 5.88 Å². The third-order valence-corrected chi connectivity index (χ3v) is 4.86. The summed E-state index contributed by atoms with van der Waals surface area (Å²) in [6.45, 7) is 1.43. The molecular weight excluding hydrogens is 454 g/mol. The average molecular weight is 473 g/mol. The summed E-state index contributed by atoms with van der Waals surface area (Å²) in [6, 6.07) is 4.03. The first-order valence-corrected chi connectivity index (χ1v) is 10.0. The van der Waals surface area contributed by atoms with Crippen molar-refractivity contribution in [3.05, 3.63) is 46.1 Å². The summed E-state index contributed by atoms with van der Waals surface area (Å²) < 4.78 is 37.6. The number of hydrogen-bond acceptors (Lipinski definition) is 7. The van der Waals surface area contributed by atoms with Gasteiger partial charge in [0.05, 0.1) is 18.3 Å². The predicted molar refractivity (Wildman–Crippen MR) is 107 cm³/mol. The molecule has 3 aromatic rings. The van der Waals surface area contributed by atoms with Crippen molar-refractivity contribution in [3.63, 3.8) is 0 Å². The van der Waals surface area contributed by atoms with Crippen LogP contribution in [0, 0.1) is 11.6 Å². The first kappa shape index (κ1) is 20.6. The molecule has 0 fully saturated rings. The number of nitrogens with one attached hydrogen (secondary N) is 1. The molecule has 0 aliphatic rings. The number of aromatic nitrogens is 4. The van der Waals surface area contributed by atoms with Gasteiger partial charge >= 0.3 is 0 Å². The van der Waals surface area contributed by atoms with Gasteiger partial charge in [0.15, 0.2) is 5.82 Å². The van der Waals surface area contributed by atoms with Gasteiger partial charge in [-0.25, -0.2) is 8.78 Å². The molecular formula is C17H19BrF2N6OS. The fraction of sp³-hybridized carbons (Fsp3) is 0.353. The number of anilines is 2. The highest BCUT2D eigenvalue weighted by Crippen LogP contribution is 2.26. The molecule has 0 unspecified atom stereocenters. The maximum absolute atomic E-state index is 13.8. The lowest BCUT2D eigenvalue weighted by molar-refractivity contribution is 0.284. The Balaban J connectivity index is 1.54. The summed E-state index contributed by atoms with van der Waals surface area (Å²) in [7, 11) is 4.04. The third kappa shape index (κ3) is 5.69. The summed E-state index contributed by atoms with van der Waals surface area (Å²) in [5.74, 6) is -0.490. The fourth-order valence-electron chi connectivity index (χ4n) is 2.36. The van der Waals surface area contributed by atoms with Gasteiger partial charge in [-0.1, -0.05) is 15.9 Å². The van der Waals surface area contributed by atoms with Crippen LogP contribution in [0.2, 0.25) is 0 Å². The van der Waals surface area contributed by atoms with Crippen molar-refractivity contribution < 1.29 is 13.5 Å². The minimum atomic E-state index is -0.675. The molecule has 0 bridgehead atoms. The lowest BCUT2D eigenvalue weighted by Gasteiger charge is -2.07. The molecule has 2 aromatic heterocycles. The molecule has 0 atom stereocenters. The molecule has 0 saturated carbocycles. The van der Waals surface area contributed by atoms with Crippen LogP contribution in [0.15, 0.2) is 28.9 Å². The molecule has 11 heteroatoms. The topological polar surface area (TPSA) is 68.1 Å². The largest absolute Gasteiger partial charge is 0.472 e. The molecule has 1 N–H and O–H groups in total. The van der Waals surface area contributed by atoms with E-state index in [1.807, 2.05) is 14.1 Å². The monoisotopic (exact) mass is 472 g/mol. The lowest BCUT2D eigenvalue weighted by atomic mass is 10.2. The van der Waals surface area contributed by atoms with Gasteiger partial charge in [-0.3, -0.25) is 0 Å². The standard InChI is InChI=1S/C17H19BrF2N6OS/c1-25(2)4-3-5-26-21-9-15(23-26)22-17-8-16(24-28-17)27-10-12-13(19)6-11(18)7-14(12)20/h6-9H,3-5,10H2,1-2H3,(H,22,23). The van der Waals surface area contributed by atoms with Crippen molar-refractivity contribution in [2.45, 2.75) is 19.6 Å². The molecule has 7 nitrogen and oxygen atoms in total. The molecule has 0 saturated heterocycles. The SMILES string of the molecule is CN(C)CCCn1ncc(Nc2cc(OCc3c(F)cc(Br)cc3F)ns2)n1. The maximum Gasteiger partial charge on any atom is 0.227 e. The predicted octanol–water partition coefficient (Wildman–Crippen LogP) is 4.05. The Morgan fingerprint density at radius 3 is 2.71 bits per heavy atom. The minimum absolute atomic E-state index is 0.147. The highest BCUT2D eigenvalue weighted by Gasteiger charge is 2.13. The molecule has 3 rings (SSSR count). The number of hydrogen-bond donors (Lipinski definition) is 1. The van der Waals surface area contributed by atoms with Gasteiger partial charge in [-0.05, 0) is 50.7 Å². The Morgan fingerprint density at radius 1 is 1.25 bits per heavy atom. The Morgan fingerprint density at radius 2 is 2.00 bits per heavy atom. The number of nitrogens with zero attached hydrogens (tertiary/aromatic N) is 5. The highest BCUT2D eigenvalue weighted by atomic mass is 79.9. The average Bonchev–Trinajstić information content (AvgIpc) is 3.23. The molecule has 0 aliphatic heterocycles. The summed E-state index contributed by atoms with van der Waals surface area (Å²) >= 11 is 4.20. The minimum Gasteiger partial charge on any atom is -0.472 e. The molecule has 150 valence electrons. The molecule has 2 heterocycles. The second kappa shape index (κ2) is 9.39. The van der Waals surface area contributed by atoms with Crippen molar-refractivity contribution >= 4 is 38.3 Å². The van der Waals surface area contributed by atoms with E-state index in [4.69, 9.17) is 4.74 Å². The van der Waals surface area contributed by atoms with Gasteiger partial charge in [0.1, 0.15) is 23.2 Å². The van der Waals surface area contributed by atoms with E-state index >= 15 is 0 Å². The van der Waals surface area contributed by atoms with Crippen LogP contribution in [0.4, 0.5) is 19.6 Å². The number of halogens is 3. The smallest absolute Gasteiger partial charge is 0.227 e. The second-order valence-corrected chi connectivity index (χ2v) is 7.99. The first-order valence-electron chi connectivity index (χ1n) is 8.45. The van der Waals surface area contributed by atoms with Gasteiger partial charge in [0, 0.05) is 10.5 Å². The first-order chi connectivity index (χ1) is 13.4. The Kier molecular flexibility index (Phi) is 6.92. The number of benzene rings is 1. The van der Waals surface area contributed by atoms with Gasteiger partial charge in [0.25, 0.3) is 0 Å². The van der Waals surface area contributed by atoms with Crippen molar-refractivity contribution in [2.24, 2.45) is 0 Å². The van der Waals surface area contributed by atoms with E-state index in [2.05, 4.69) is 40.7 Å². The molecule has 28 heavy (non-hydrogen) atoms. The van der Waals surface area contributed by atoms with E-state index < -0.39 is 11.6 Å². The summed E-state index contributed by atoms with van der Waals surface area (Å²) in [5, 5.41) is 12.3. The van der Waals surface area contributed by atoms with Crippen LogP contribution in [-0.2, 0) is 13.2 Å². The molecule has 1 aromatic carbocycles. The number of rotatable bonds is 9. The summed E-state index contributed by atoms with van der Waals surface area (Å²) in [4.78, 5) is 3.73. The van der Waals surface area contributed by atoms with Gasteiger partial charge in [-0.2, -0.15) is 14.3 Å². The van der Waals surface area contributed by atoms with Crippen LogP contribution in [0.3, 0.4) is 0 Å². The zero-order valence-electron chi connectivity index (χ0n) is 15.3. The van der Waals surface area contributed by atoms with E-state index in [1.165, 1.54) is 12.1 Å². The van der Waals surface area contributed by atoms with Crippen molar-refractivity contribution in [3.8, 4) is 5.88 Å². The Hall–Kier alpha value is -2.11. The molecule has 0 amide bonds. The van der Waals surface area contributed by atoms with Crippen LogP contribution in [0.5, 0.6) is 5.88 Å². The lowest BCUT2D eigenvalue weighted by Crippen LogP contribution is -2.15. The van der Waals surface area contributed by atoms with Crippen LogP contribution in [0.1, 0.15) is 12.0 Å². The van der Waals surface area contributed by atoms with Gasteiger partial charge < -0.3 is 15.0 Å². The van der Waals surface area contributed by atoms with Crippen LogP contribution < -0.4 is 10.1 Å². The Bertz CT molecular complexity index is 909. The fourth-order valence-corrected chi connectivity index (χ4v) is 3.36. The van der Waals surface area contributed by atoms with Gasteiger partial charge in [-0.15, -0.1) is 5.10 Å². The summed E-state index contributed by atoms with van der Waals surface area (Å²) in [5.41, 5.74) is -0.147. The van der Waals surface area contributed by atoms with Crippen molar-refractivity contribution in [2.75, 3.05) is 26.0 Å². The third-order valence-electron chi connectivity index (χ3n) is 3.71. The molecule has 0 aliphatic carbocycles. The van der Waals surface area contributed by atoms with E-state index in [1.54, 1.807) is 17.1 Å². The van der Waals surface area contributed by atoms with Crippen LogP contribution in [-0.4, -0.2) is 44.9 Å². The molecule has 0 radical (unpaired) electrons. The highest BCUT2D eigenvalue weighted by molar-refractivity contribution is 9.10. The Labute approximate surface area is 173 Å². The summed E-state index contributed by atoms with van der Waals surface area (Å²) in [6.07, 6.45) is 2.57. The number of aryl methyl sites for hydroxylation is 1.